The van der Waals surface area contributed by atoms with E-state index in [2.05, 4.69) is 0 Å². The number of benzene rings is 1. The van der Waals surface area contributed by atoms with Crippen molar-refractivity contribution in [3.8, 4) is 0 Å². The molecule has 0 bridgehead atoms. The predicted molar refractivity (Wildman–Crippen MR) is 67.5 cm³/mol. The summed E-state index contributed by atoms with van der Waals surface area (Å²) in [5.41, 5.74) is -1.40. The number of sulfonamides is 1. The van der Waals surface area contributed by atoms with Gasteiger partial charge < -0.3 is 5.11 Å². The zero-order valence-corrected chi connectivity index (χ0v) is 12.4. The smallest absolute Gasteiger partial charge is 0.303 e. The van der Waals surface area contributed by atoms with E-state index in [0.29, 0.717) is 0 Å². The SMILES string of the molecule is CC(C)(CCC(=O)O)NS(=O)(=O)c1c(F)c(F)cc(F)c1F. The highest BCUT2D eigenvalue weighted by Gasteiger charge is 2.34. The molecule has 1 aromatic rings. The van der Waals surface area contributed by atoms with Crippen LogP contribution in [0.1, 0.15) is 26.7 Å². The molecule has 1 rings (SSSR count). The fourth-order valence-electron chi connectivity index (χ4n) is 1.67. The monoisotopic (exact) mass is 343 g/mol. The van der Waals surface area contributed by atoms with Gasteiger partial charge in [-0.25, -0.2) is 30.7 Å². The molecule has 0 heterocycles. The molecule has 0 spiro atoms. The number of carboxylic acid groups (broad SMARTS) is 1. The van der Waals surface area contributed by atoms with E-state index in [1.54, 1.807) is 0 Å². The van der Waals surface area contributed by atoms with Crippen LogP contribution in [0.3, 0.4) is 0 Å². The van der Waals surface area contributed by atoms with E-state index in [1.165, 1.54) is 13.8 Å². The van der Waals surface area contributed by atoms with Gasteiger partial charge in [0.25, 0.3) is 0 Å². The summed E-state index contributed by atoms with van der Waals surface area (Å²) in [6, 6.07) is -0.112. The van der Waals surface area contributed by atoms with Gasteiger partial charge >= 0.3 is 5.97 Å². The Morgan fingerprint density at radius 3 is 2.05 bits per heavy atom. The van der Waals surface area contributed by atoms with E-state index in [-0.39, 0.29) is 12.5 Å². The summed E-state index contributed by atoms with van der Waals surface area (Å²) in [5.74, 6) is -9.03. The van der Waals surface area contributed by atoms with Crippen molar-refractivity contribution in [2.45, 2.75) is 37.1 Å². The maximum absolute atomic E-state index is 13.5. The number of halogens is 4. The second-order valence-corrected chi connectivity index (χ2v) is 6.80. The fourth-order valence-corrected chi connectivity index (χ4v) is 3.27. The number of hydrogen-bond acceptors (Lipinski definition) is 3. The molecule has 0 aliphatic rings. The Morgan fingerprint density at radius 1 is 1.18 bits per heavy atom. The van der Waals surface area contributed by atoms with Crippen molar-refractivity contribution in [1.29, 1.82) is 0 Å². The molecule has 22 heavy (non-hydrogen) atoms. The van der Waals surface area contributed by atoms with Crippen LogP contribution in [0.2, 0.25) is 0 Å². The van der Waals surface area contributed by atoms with Crippen molar-refractivity contribution in [3.63, 3.8) is 0 Å². The van der Waals surface area contributed by atoms with Gasteiger partial charge in [-0.3, -0.25) is 4.79 Å². The summed E-state index contributed by atoms with van der Waals surface area (Å²) in [4.78, 5) is 8.70. The molecule has 0 saturated heterocycles. The van der Waals surface area contributed by atoms with Gasteiger partial charge in [0.2, 0.25) is 10.0 Å². The quantitative estimate of drug-likeness (QED) is 0.612. The van der Waals surface area contributed by atoms with Gasteiger partial charge in [-0.1, -0.05) is 0 Å². The molecule has 0 unspecified atom stereocenters. The second-order valence-electron chi connectivity index (χ2n) is 5.18. The van der Waals surface area contributed by atoms with Gasteiger partial charge in [-0.2, -0.15) is 0 Å². The highest BCUT2D eigenvalue weighted by Crippen LogP contribution is 2.25. The van der Waals surface area contributed by atoms with E-state index in [1.807, 2.05) is 4.72 Å². The van der Waals surface area contributed by atoms with Crippen LogP contribution in [0.5, 0.6) is 0 Å². The van der Waals surface area contributed by atoms with Crippen LogP contribution in [0, 0.1) is 23.3 Å². The Morgan fingerprint density at radius 2 is 1.64 bits per heavy atom. The molecular formula is C12H13F4NO4S. The van der Waals surface area contributed by atoms with Gasteiger partial charge in [-0.05, 0) is 20.3 Å². The molecule has 5 nitrogen and oxygen atoms in total. The van der Waals surface area contributed by atoms with Crippen molar-refractivity contribution in [1.82, 2.24) is 4.72 Å². The first-order chi connectivity index (χ1) is 9.87. The Kier molecular flexibility index (Phi) is 5.18. The number of aliphatic carboxylic acids is 1. The van der Waals surface area contributed by atoms with Gasteiger partial charge in [0, 0.05) is 18.0 Å². The van der Waals surface area contributed by atoms with E-state index in [0.717, 1.165) is 0 Å². The summed E-state index contributed by atoms with van der Waals surface area (Å²) in [6.45, 7) is 2.53. The molecule has 0 atom stereocenters. The molecule has 0 amide bonds. The molecule has 0 radical (unpaired) electrons. The molecule has 124 valence electrons. The van der Waals surface area contributed by atoms with Crippen LogP contribution >= 0.6 is 0 Å². The third-order valence-corrected chi connectivity index (χ3v) is 4.43. The topological polar surface area (TPSA) is 83.5 Å². The Balaban J connectivity index is 3.24. The Hall–Kier alpha value is -1.68. The van der Waals surface area contributed by atoms with Crippen molar-refractivity contribution >= 4 is 16.0 Å². The first-order valence-corrected chi connectivity index (χ1v) is 7.44. The van der Waals surface area contributed by atoms with Crippen LogP contribution in [0.25, 0.3) is 0 Å². The summed E-state index contributed by atoms with van der Waals surface area (Å²) in [5, 5.41) is 8.56. The van der Waals surface area contributed by atoms with Crippen LogP contribution in [0.15, 0.2) is 11.0 Å². The predicted octanol–water partition coefficient (Wildman–Crippen LogP) is 2.16. The summed E-state index contributed by atoms with van der Waals surface area (Å²) in [7, 11) is -4.95. The Bertz CT molecular complexity index is 677. The summed E-state index contributed by atoms with van der Waals surface area (Å²) < 4.78 is 79.0. The summed E-state index contributed by atoms with van der Waals surface area (Å²) >= 11 is 0. The van der Waals surface area contributed by atoms with Gasteiger partial charge in [0.1, 0.15) is 0 Å². The van der Waals surface area contributed by atoms with Gasteiger partial charge in [-0.15, -0.1) is 0 Å². The third-order valence-electron chi connectivity index (χ3n) is 2.71. The molecular weight excluding hydrogens is 330 g/mol. The number of carbonyl (C=O) groups is 1. The van der Waals surface area contributed by atoms with Crippen LogP contribution in [-0.2, 0) is 14.8 Å². The third kappa shape index (κ3) is 4.17. The highest BCUT2D eigenvalue weighted by molar-refractivity contribution is 7.89. The van der Waals surface area contributed by atoms with E-state index in [9.17, 15) is 30.8 Å². The van der Waals surface area contributed by atoms with Crippen molar-refractivity contribution in [3.05, 3.63) is 29.3 Å². The lowest BCUT2D eigenvalue weighted by Crippen LogP contribution is -2.44. The van der Waals surface area contributed by atoms with E-state index < -0.39 is 56.1 Å². The van der Waals surface area contributed by atoms with Crippen molar-refractivity contribution in [2.24, 2.45) is 0 Å². The molecule has 0 aliphatic heterocycles. The zero-order valence-electron chi connectivity index (χ0n) is 11.6. The number of rotatable bonds is 6. The molecule has 0 aromatic heterocycles. The number of carboxylic acids is 1. The first kappa shape index (κ1) is 18.4. The van der Waals surface area contributed by atoms with Crippen LogP contribution in [0.4, 0.5) is 17.6 Å². The lowest BCUT2D eigenvalue weighted by molar-refractivity contribution is -0.137. The summed E-state index contributed by atoms with van der Waals surface area (Å²) in [6.07, 6.45) is -0.624. The van der Waals surface area contributed by atoms with Gasteiger partial charge in [0.05, 0.1) is 0 Å². The van der Waals surface area contributed by atoms with Gasteiger partial charge in [0.15, 0.2) is 28.2 Å². The molecule has 0 saturated carbocycles. The number of nitrogens with one attached hydrogen (secondary N) is 1. The zero-order chi connectivity index (χ0) is 17.3. The molecule has 0 fully saturated rings. The minimum atomic E-state index is -4.95. The van der Waals surface area contributed by atoms with E-state index in [4.69, 9.17) is 5.11 Å². The molecule has 0 aliphatic carbocycles. The van der Waals surface area contributed by atoms with Crippen LogP contribution < -0.4 is 4.72 Å². The number of hydrogen-bond donors (Lipinski definition) is 2. The largest absolute Gasteiger partial charge is 0.481 e. The van der Waals surface area contributed by atoms with Crippen molar-refractivity contribution in [2.75, 3.05) is 0 Å². The minimum absolute atomic E-state index is 0.112. The fraction of sp³-hybridized carbons (Fsp3) is 0.417. The van der Waals surface area contributed by atoms with Crippen molar-refractivity contribution < 1.29 is 35.9 Å². The standard InChI is InChI=1S/C12H13F4NO4S/c1-12(2,4-3-8(18)19)17-22(20,21)11-9(15)6(13)5-7(14)10(11)16/h5,17H,3-4H2,1-2H3,(H,18,19). The van der Waals surface area contributed by atoms with Crippen LogP contribution in [-0.4, -0.2) is 25.0 Å². The normalized spacial score (nSPS) is 12.5. The molecule has 2 N–H and O–H groups in total. The average Bonchev–Trinajstić information content (AvgIpc) is 2.33. The first-order valence-electron chi connectivity index (χ1n) is 5.96. The Labute approximate surface area is 124 Å². The lowest BCUT2D eigenvalue weighted by Gasteiger charge is -2.25. The second kappa shape index (κ2) is 6.21. The van der Waals surface area contributed by atoms with E-state index >= 15 is 0 Å². The minimum Gasteiger partial charge on any atom is -0.481 e. The molecule has 1 aromatic carbocycles. The highest BCUT2D eigenvalue weighted by atomic mass is 32.2. The average molecular weight is 343 g/mol. The maximum atomic E-state index is 13.5. The molecule has 10 heteroatoms. The lowest BCUT2D eigenvalue weighted by atomic mass is 10.0. The maximum Gasteiger partial charge on any atom is 0.303 e.